The molecule has 1 aliphatic carbocycles. The van der Waals surface area contributed by atoms with Crippen LogP contribution >= 0.6 is 11.6 Å². The zero-order chi connectivity index (χ0) is 27.1. The van der Waals surface area contributed by atoms with Gasteiger partial charge in [-0.3, -0.25) is 9.59 Å². The van der Waals surface area contributed by atoms with Crippen molar-refractivity contribution in [3.8, 4) is 5.75 Å². The lowest BCUT2D eigenvalue weighted by Crippen LogP contribution is -2.64. The molecule has 38 heavy (non-hydrogen) atoms. The topological polar surface area (TPSA) is 53.1 Å². The number of carbonyl (C=O) groups is 2. The number of likely N-dealkylation sites (tertiary alicyclic amines) is 1. The molecule has 2 aromatic rings. The van der Waals surface area contributed by atoms with Crippen LogP contribution in [0.4, 0.5) is 13.2 Å². The summed E-state index contributed by atoms with van der Waals surface area (Å²) in [5, 5.41) is 0.594. The normalized spacial score (nSPS) is 23.7. The quantitative estimate of drug-likeness (QED) is 0.547. The standard InChI is InChI=1S/C28H31ClF3N3O3/c1-33-15-17-34(18-16-33)25(37)27(38-23-9-5-21(6-10-23)28(30,31)32)11-2-14-35(19-27)24(36)26(12-13-26)20-3-7-22(29)8-4-20/h3-10H,2,11-19H2,1H3. The minimum atomic E-state index is -4.47. The van der Waals surface area contributed by atoms with Gasteiger partial charge in [0.25, 0.3) is 5.91 Å². The molecule has 5 rings (SSSR count). The van der Waals surface area contributed by atoms with Crippen molar-refractivity contribution in [1.29, 1.82) is 0 Å². The second-order valence-corrected chi connectivity index (χ2v) is 11.1. The zero-order valence-electron chi connectivity index (χ0n) is 21.3. The molecular formula is C28H31ClF3N3O3. The summed E-state index contributed by atoms with van der Waals surface area (Å²) in [6, 6.07) is 11.7. The Bertz CT molecular complexity index is 1180. The fourth-order valence-corrected chi connectivity index (χ4v) is 5.68. The predicted octanol–water partition coefficient (Wildman–Crippen LogP) is 4.60. The molecule has 0 bridgehead atoms. The van der Waals surface area contributed by atoms with Gasteiger partial charge in [-0.2, -0.15) is 13.2 Å². The summed E-state index contributed by atoms with van der Waals surface area (Å²) in [7, 11) is 1.99. The molecule has 0 aromatic heterocycles. The SMILES string of the molecule is CN1CCN(C(=O)C2(Oc3ccc(C(F)(F)F)cc3)CCCN(C(=O)C3(c4ccc(Cl)cc4)CC3)C2)CC1. The van der Waals surface area contributed by atoms with E-state index in [4.69, 9.17) is 16.3 Å². The molecule has 2 aliphatic heterocycles. The highest BCUT2D eigenvalue weighted by atomic mass is 35.5. The summed E-state index contributed by atoms with van der Waals surface area (Å²) in [5.41, 5.74) is -1.90. The van der Waals surface area contributed by atoms with E-state index in [-0.39, 0.29) is 24.1 Å². The number of likely N-dealkylation sites (N-methyl/N-ethyl adjacent to an activating group) is 1. The number of rotatable bonds is 5. The maximum absolute atomic E-state index is 14.0. The first-order chi connectivity index (χ1) is 18.0. The smallest absolute Gasteiger partial charge is 0.416 e. The minimum absolute atomic E-state index is 0.0490. The van der Waals surface area contributed by atoms with Crippen LogP contribution in [0.15, 0.2) is 48.5 Å². The molecule has 0 spiro atoms. The van der Waals surface area contributed by atoms with Crippen LogP contribution in [0.1, 0.15) is 36.8 Å². The van der Waals surface area contributed by atoms with E-state index >= 15 is 0 Å². The number of nitrogens with zero attached hydrogens (tertiary/aromatic N) is 3. The van der Waals surface area contributed by atoms with Gasteiger partial charge in [-0.15, -0.1) is 0 Å². The fourth-order valence-electron chi connectivity index (χ4n) is 5.55. The lowest BCUT2D eigenvalue weighted by Gasteiger charge is -2.45. The van der Waals surface area contributed by atoms with Gasteiger partial charge in [0.1, 0.15) is 5.75 Å². The van der Waals surface area contributed by atoms with Crippen molar-refractivity contribution in [1.82, 2.24) is 14.7 Å². The number of benzene rings is 2. The highest BCUT2D eigenvalue weighted by Gasteiger charge is 2.56. The van der Waals surface area contributed by atoms with Crippen LogP contribution in [-0.4, -0.2) is 78.4 Å². The van der Waals surface area contributed by atoms with E-state index < -0.39 is 22.8 Å². The number of hydrogen-bond donors (Lipinski definition) is 0. The summed E-state index contributed by atoms with van der Waals surface area (Å²) < 4.78 is 45.7. The Morgan fingerprint density at radius 3 is 2.05 bits per heavy atom. The lowest BCUT2D eigenvalue weighted by molar-refractivity contribution is -0.159. The Morgan fingerprint density at radius 2 is 1.47 bits per heavy atom. The zero-order valence-corrected chi connectivity index (χ0v) is 22.0. The predicted molar refractivity (Wildman–Crippen MR) is 137 cm³/mol. The van der Waals surface area contributed by atoms with Crippen LogP contribution in [0, 0.1) is 0 Å². The number of amides is 2. The molecule has 1 saturated carbocycles. The fraction of sp³-hybridized carbons (Fsp3) is 0.500. The Hall–Kier alpha value is -2.78. The number of piperidine rings is 1. The van der Waals surface area contributed by atoms with Gasteiger partial charge in [-0.1, -0.05) is 23.7 Å². The number of piperazine rings is 1. The summed E-state index contributed by atoms with van der Waals surface area (Å²) >= 11 is 6.06. The molecule has 0 N–H and O–H groups in total. The van der Waals surface area contributed by atoms with Gasteiger partial charge in [0.2, 0.25) is 11.5 Å². The number of carbonyl (C=O) groups excluding carboxylic acids is 2. The molecule has 1 atom stereocenters. The molecule has 2 saturated heterocycles. The van der Waals surface area contributed by atoms with Gasteiger partial charge in [0.15, 0.2) is 0 Å². The first-order valence-electron chi connectivity index (χ1n) is 12.9. The van der Waals surface area contributed by atoms with E-state index in [0.29, 0.717) is 63.4 Å². The van der Waals surface area contributed by atoms with Crippen LogP contribution in [0.2, 0.25) is 5.02 Å². The number of hydrogen-bond acceptors (Lipinski definition) is 4. The summed E-state index contributed by atoms with van der Waals surface area (Å²) in [4.78, 5) is 33.5. The third-order valence-corrected chi connectivity index (χ3v) is 8.23. The van der Waals surface area contributed by atoms with Crippen LogP contribution in [0.5, 0.6) is 5.75 Å². The van der Waals surface area contributed by atoms with Crippen LogP contribution in [0.3, 0.4) is 0 Å². The molecule has 1 unspecified atom stereocenters. The Balaban J connectivity index is 1.43. The van der Waals surface area contributed by atoms with Crippen LogP contribution < -0.4 is 4.74 Å². The minimum Gasteiger partial charge on any atom is -0.476 e. The van der Waals surface area contributed by atoms with E-state index in [2.05, 4.69) is 4.90 Å². The van der Waals surface area contributed by atoms with E-state index in [9.17, 15) is 22.8 Å². The molecule has 10 heteroatoms. The first kappa shape index (κ1) is 26.8. The molecule has 3 aliphatic rings. The van der Waals surface area contributed by atoms with Crippen molar-refractivity contribution in [3.05, 3.63) is 64.7 Å². The van der Waals surface area contributed by atoms with Crippen LogP contribution in [-0.2, 0) is 21.2 Å². The van der Waals surface area contributed by atoms with Gasteiger partial charge in [-0.05, 0) is 74.7 Å². The number of alkyl halides is 3. The average Bonchev–Trinajstić information content (AvgIpc) is 3.71. The third-order valence-electron chi connectivity index (χ3n) is 7.97. The lowest BCUT2D eigenvalue weighted by atomic mass is 9.87. The van der Waals surface area contributed by atoms with Gasteiger partial charge < -0.3 is 19.4 Å². The molecule has 2 aromatic carbocycles. The van der Waals surface area contributed by atoms with Gasteiger partial charge in [-0.25, -0.2) is 0 Å². The summed E-state index contributed by atoms with van der Waals surface area (Å²) in [6.45, 7) is 3.01. The van der Waals surface area contributed by atoms with Crippen molar-refractivity contribution in [2.45, 2.75) is 42.9 Å². The van der Waals surface area contributed by atoms with Crippen molar-refractivity contribution in [2.75, 3.05) is 46.3 Å². The number of halogens is 4. The van der Waals surface area contributed by atoms with Crippen molar-refractivity contribution >= 4 is 23.4 Å². The van der Waals surface area contributed by atoms with Gasteiger partial charge >= 0.3 is 6.18 Å². The highest BCUT2D eigenvalue weighted by molar-refractivity contribution is 6.30. The molecule has 2 amide bonds. The maximum Gasteiger partial charge on any atom is 0.416 e. The molecular weight excluding hydrogens is 519 g/mol. The van der Waals surface area contributed by atoms with Gasteiger partial charge in [0, 0.05) is 37.7 Å². The maximum atomic E-state index is 14.0. The second-order valence-electron chi connectivity index (χ2n) is 10.6. The van der Waals surface area contributed by atoms with E-state index in [1.807, 2.05) is 19.2 Å². The van der Waals surface area contributed by atoms with E-state index in [1.165, 1.54) is 12.1 Å². The monoisotopic (exact) mass is 549 g/mol. The van der Waals surface area contributed by atoms with E-state index in [1.54, 1.807) is 21.9 Å². The van der Waals surface area contributed by atoms with Crippen molar-refractivity contribution in [3.63, 3.8) is 0 Å². The Labute approximate surface area is 225 Å². The van der Waals surface area contributed by atoms with E-state index in [0.717, 1.165) is 17.7 Å². The van der Waals surface area contributed by atoms with Gasteiger partial charge in [0.05, 0.1) is 17.5 Å². The Kier molecular flexibility index (Phi) is 7.11. The van der Waals surface area contributed by atoms with Crippen LogP contribution in [0.25, 0.3) is 0 Å². The highest BCUT2D eigenvalue weighted by Crippen LogP contribution is 2.50. The van der Waals surface area contributed by atoms with Crippen molar-refractivity contribution < 1.29 is 27.5 Å². The molecule has 3 fully saturated rings. The third kappa shape index (κ3) is 5.23. The molecule has 6 nitrogen and oxygen atoms in total. The first-order valence-corrected chi connectivity index (χ1v) is 13.3. The van der Waals surface area contributed by atoms with Crippen molar-refractivity contribution in [2.24, 2.45) is 0 Å². The summed E-state index contributed by atoms with van der Waals surface area (Å²) in [6.07, 6.45) is -2.13. The molecule has 2 heterocycles. The summed E-state index contributed by atoms with van der Waals surface area (Å²) in [5.74, 6) is -0.0981. The largest absolute Gasteiger partial charge is 0.476 e. The Morgan fingerprint density at radius 1 is 0.842 bits per heavy atom. The molecule has 204 valence electrons. The molecule has 0 radical (unpaired) electrons. The second kappa shape index (κ2) is 10.1. The number of ether oxygens (including phenoxy) is 1. The average molecular weight is 550 g/mol.